The first kappa shape index (κ1) is 24.1. The third-order valence-electron chi connectivity index (χ3n) is 5.26. The number of hydrogen-bond donors (Lipinski definition) is 1. The molecule has 0 saturated heterocycles. The summed E-state index contributed by atoms with van der Waals surface area (Å²) in [5.74, 6) is -0.491. The maximum atomic E-state index is 13.1. The molecule has 3 rings (SSSR count). The second-order valence-electron chi connectivity index (χ2n) is 7.51. The van der Waals surface area contributed by atoms with Crippen molar-refractivity contribution in [2.45, 2.75) is 26.4 Å². The summed E-state index contributed by atoms with van der Waals surface area (Å²) < 4.78 is 5.39. The van der Waals surface area contributed by atoms with E-state index >= 15 is 0 Å². The molecular weight excluding hydrogens is 449 g/mol. The average molecular weight is 476 g/mol. The van der Waals surface area contributed by atoms with Crippen LogP contribution in [0.25, 0.3) is 0 Å². The molecule has 0 aliphatic carbocycles. The van der Waals surface area contributed by atoms with Crippen LogP contribution in [-0.2, 0) is 16.1 Å². The SMILES string of the molecule is CCOC(=O)C1=C(CN(C)Cc2ccccc2)N(CC)C(=O)N[C@@H]1c1cccc(Cl)c1Cl. The van der Waals surface area contributed by atoms with Crippen LogP contribution in [0.4, 0.5) is 4.79 Å². The Morgan fingerprint density at radius 2 is 1.81 bits per heavy atom. The predicted molar refractivity (Wildman–Crippen MR) is 127 cm³/mol. The Morgan fingerprint density at radius 1 is 1.09 bits per heavy atom. The molecule has 6 nitrogen and oxygen atoms in total. The van der Waals surface area contributed by atoms with Crippen LogP contribution < -0.4 is 5.32 Å². The largest absolute Gasteiger partial charge is 0.463 e. The molecule has 0 aromatic heterocycles. The van der Waals surface area contributed by atoms with E-state index in [2.05, 4.69) is 10.2 Å². The van der Waals surface area contributed by atoms with Crippen molar-refractivity contribution in [3.63, 3.8) is 0 Å². The molecule has 0 unspecified atom stereocenters. The van der Waals surface area contributed by atoms with E-state index < -0.39 is 12.0 Å². The van der Waals surface area contributed by atoms with Gasteiger partial charge in [0.05, 0.1) is 28.3 Å². The standard InChI is InChI=1S/C24H27Cl2N3O3/c1-4-29-19(15-28(3)14-16-10-7-6-8-11-16)20(23(30)32-5-2)22(27-24(29)31)17-12-9-13-18(25)21(17)26/h6-13,22H,4-5,14-15H2,1-3H3,(H,27,31)/t22-/m1/s1. The number of likely N-dealkylation sites (N-methyl/N-ethyl adjacent to an activating group) is 2. The van der Waals surface area contributed by atoms with Gasteiger partial charge in [0, 0.05) is 25.3 Å². The second kappa shape index (κ2) is 10.9. The maximum Gasteiger partial charge on any atom is 0.338 e. The molecule has 170 valence electrons. The van der Waals surface area contributed by atoms with E-state index in [4.69, 9.17) is 27.9 Å². The van der Waals surface area contributed by atoms with Gasteiger partial charge in [0.15, 0.2) is 0 Å². The molecular formula is C24H27Cl2N3O3. The summed E-state index contributed by atoms with van der Waals surface area (Å²) in [6, 6.07) is 14.1. The molecule has 0 fully saturated rings. The number of benzene rings is 2. The van der Waals surface area contributed by atoms with Gasteiger partial charge in [-0.25, -0.2) is 9.59 Å². The summed E-state index contributed by atoms with van der Waals surface area (Å²) in [5.41, 5.74) is 2.63. The lowest BCUT2D eigenvalue weighted by molar-refractivity contribution is -0.139. The number of amides is 2. The topological polar surface area (TPSA) is 61.9 Å². The van der Waals surface area contributed by atoms with E-state index in [1.54, 1.807) is 30.0 Å². The van der Waals surface area contributed by atoms with Gasteiger partial charge >= 0.3 is 12.0 Å². The van der Waals surface area contributed by atoms with E-state index in [1.165, 1.54) is 0 Å². The molecule has 1 aliphatic rings. The van der Waals surface area contributed by atoms with Crippen LogP contribution in [0.3, 0.4) is 0 Å². The number of urea groups is 1. The van der Waals surface area contributed by atoms with Crippen molar-refractivity contribution >= 4 is 35.2 Å². The quantitative estimate of drug-likeness (QED) is 0.543. The Balaban J connectivity index is 2.08. The molecule has 2 aromatic carbocycles. The third-order valence-corrected chi connectivity index (χ3v) is 6.09. The van der Waals surface area contributed by atoms with Gasteiger partial charge in [-0.2, -0.15) is 0 Å². The van der Waals surface area contributed by atoms with Crippen LogP contribution in [0.1, 0.15) is 31.0 Å². The Bertz CT molecular complexity index is 1010. The van der Waals surface area contributed by atoms with E-state index in [1.807, 2.05) is 44.3 Å². The Hall–Kier alpha value is -2.54. The number of esters is 1. The lowest BCUT2D eigenvalue weighted by atomic mass is 9.94. The monoisotopic (exact) mass is 475 g/mol. The molecule has 0 radical (unpaired) electrons. The number of halogens is 2. The van der Waals surface area contributed by atoms with Gasteiger partial charge in [-0.15, -0.1) is 0 Å². The summed E-state index contributed by atoms with van der Waals surface area (Å²) in [6.07, 6.45) is 0. The normalized spacial score (nSPS) is 16.4. The zero-order chi connectivity index (χ0) is 23.3. The van der Waals surface area contributed by atoms with Gasteiger partial charge in [-0.05, 0) is 38.1 Å². The minimum atomic E-state index is -0.768. The number of carbonyl (C=O) groups is 2. The molecule has 0 saturated carbocycles. The van der Waals surface area contributed by atoms with E-state index in [0.717, 1.165) is 5.56 Å². The molecule has 1 heterocycles. The fraction of sp³-hybridized carbons (Fsp3) is 0.333. The first-order valence-corrected chi connectivity index (χ1v) is 11.3. The van der Waals surface area contributed by atoms with Crippen LogP contribution in [0.2, 0.25) is 10.0 Å². The Kier molecular flexibility index (Phi) is 8.18. The number of nitrogens with zero attached hydrogens (tertiary/aromatic N) is 2. The summed E-state index contributed by atoms with van der Waals surface area (Å²) in [5, 5.41) is 3.55. The highest BCUT2D eigenvalue weighted by molar-refractivity contribution is 6.42. The van der Waals surface area contributed by atoms with Gasteiger partial charge in [0.1, 0.15) is 0 Å². The molecule has 0 bridgehead atoms. The fourth-order valence-corrected chi connectivity index (χ4v) is 4.26. The summed E-state index contributed by atoms with van der Waals surface area (Å²) >= 11 is 12.7. The lowest BCUT2D eigenvalue weighted by Gasteiger charge is -2.37. The van der Waals surface area contributed by atoms with Crippen LogP contribution in [0.15, 0.2) is 59.8 Å². The van der Waals surface area contributed by atoms with Crippen molar-refractivity contribution in [3.8, 4) is 0 Å². The van der Waals surface area contributed by atoms with Crippen molar-refractivity contribution in [3.05, 3.63) is 81.0 Å². The minimum absolute atomic E-state index is 0.214. The van der Waals surface area contributed by atoms with Crippen molar-refractivity contribution in [2.75, 3.05) is 26.7 Å². The van der Waals surface area contributed by atoms with Crippen LogP contribution in [-0.4, -0.2) is 48.5 Å². The van der Waals surface area contributed by atoms with Gasteiger partial charge in [-0.1, -0.05) is 65.7 Å². The van der Waals surface area contributed by atoms with Crippen LogP contribution in [0, 0.1) is 0 Å². The molecule has 2 aromatic rings. The van der Waals surface area contributed by atoms with Crippen molar-refractivity contribution < 1.29 is 14.3 Å². The predicted octanol–water partition coefficient (Wildman–Crippen LogP) is 5.03. The van der Waals surface area contributed by atoms with Crippen LogP contribution >= 0.6 is 23.2 Å². The molecule has 1 aliphatic heterocycles. The Morgan fingerprint density at radius 3 is 2.47 bits per heavy atom. The summed E-state index contributed by atoms with van der Waals surface area (Å²) in [4.78, 5) is 29.8. The second-order valence-corrected chi connectivity index (χ2v) is 8.29. The number of carbonyl (C=O) groups excluding carboxylic acids is 2. The number of nitrogens with one attached hydrogen (secondary N) is 1. The van der Waals surface area contributed by atoms with Crippen molar-refractivity contribution in [1.82, 2.24) is 15.1 Å². The van der Waals surface area contributed by atoms with E-state index in [9.17, 15) is 9.59 Å². The first-order chi connectivity index (χ1) is 15.4. The van der Waals surface area contributed by atoms with Gasteiger partial charge < -0.3 is 10.1 Å². The highest BCUT2D eigenvalue weighted by atomic mass is 35.5. The van der Waals surface area contributed by atoms with Gasteiger partial charge in [0.25, 0.3) is 0 Å². The zero-order valence-electron chi connectivity index (χ0n) is 18.4. The molecule has 2 amide bonds. The van der Waals surface area contributed by atoms with Gasteiger partial charge in [-0.3, -0.25) is 9.80 Å². The highest BCUT2D eigenvalue weighted by Gasteiger charge is 2.39. The highest BCUT2D eigenvalue weighted by Crippen LogP contribution is 2.37. The lowest BCUT2D eigenvalue weighted by Crippen LogP contribution is -2.50. The molecule has 8 heteroatoms. The van der Waals surface area contributed by atoms with Gasteiger partial charge in [0.2, 0.25) is 0 Å². The van der Waals surface area contributed by atoms with E-state index in [0.29, 0.717) is 46.5 Å². The summed E-state index contributed by atoms with van der Waals surface area (Å²) in [6.45, 7) is 5.26. The molecule has 32 heavy (non-hydrogen) atoms. The maximum absolute atomic E-state index is 13.1. The molecule has 1 atom stereocenters. The number of hydrogen-bond acceptors (Lipinski definition) is 4. The van der Waals surface area contributed by atoms with E-state index in [-0.39, 0.29) is 12.6 Å². The summed E-state index contributed by atoms with van der Waals surface area (Å²) in [7, 11) is 1.95. The molecule has 1 N–H and O–H groups in total. The smallest absolute Gasteiger partial charge is 0.338 e. The van der Waals surface area contributed by atoms with Crippen molar-refractivity contribution in [2.24, 2.45) is 0 Å². The Labute approximate surface area is 198 Å². The first-order valence-electron chi connectivity index (χ1n) is 10.5. The third kappa shape index (κ3) is 5.26. The fourth-order valence-electron chi connectivity index (χ4n) is 3.84. The number of ether oxygens (including phenoxy) is 1. The average Bonchev–Trinajstić information content (AvgIpc) is 2.76. The zero-order valence-corrected chi connectivity index (χ0v) is 19.9. The molecule has 0 spiro atoms. The minimum Gasteiger partial charge on any atom is -0.463 e. The number of rotatable bonds is 8. The van der Waals surface area contributed by atoms with Crippen LogP contribution in [0.5, 0.6) is 0 Å². The van der Waals surface area contributed by atoms with Crippen molar-refractivity contribution in [1.29, 1.82) is 0 Å².